The molecular formula is C13H19BrO3. The van der Waals surface area contributed by atoms with E-state index in [0.717, 1.165) is 32.1 Å². The van der Waals surface area contributed by atoms with Gasteiger partial charge < -0.3 is 4.74 Å². The summed E-state index contributed by atoms with van der Waals surface area (Å²) in [5.41, 5.74) is -0.838. The van der Waals surface area contributed by atoms with Gasteiger partial charge in [-0.05, 0) is 25.7 Å². The molecule has 2 rings (SSSR count). The van der Waals surface area contributed by atoms with Crippen molar-refractivity contribution in [2.75, 3.05) is 7.11 Å². The minimum Gasteiger partial charge on any atom is -0.468 e. The molecule has 0 bridgehead atoms. The Kier molecular flexibility index (Phi) is 3.62. The molecule has 0 atom stereocenters. The molecule has 3 nitrogen and oxygen atoms in total. The molecule has 0 aliphatic heterocycles. The number of hydrogen-bond donors (Lipinski definition) is 0. The average Bonchev–Trinajstić information content (AvgIpc) is 2.28. The van der Waals surface area contributed by atoms with Crippen LogP contribution in [0.1, 0.15) is 51.4 Å². The molecule has 96 valence electrons. The van der Waals surface area contributed by atoms with E-state index in [-0.39, 0.29) is 11.8 Å². The van der Waals surface area contributed by atoms with Crippen molar-refractivity contribution in [1.82, 2.24) is 0 Å². The second kappa shape index (κ2) is 4.71. The first-order valence-electron chi connectivity index (χ1n) is 6.37. The normalized spacial score (nSPS) is 25.8. The quantitative estimate of drug-likeness (QED) is 0.457. The van der Waals surface area contributed by atoms with Crippen LogP contribution < -0.4 is 0 Å². The van der Waals surface area contributed by atoms with Crippen LogP contribution in [-0.4, -0.2) is 23.2 Å². The topological polar surface area (TPSA) is 43.4 Å². The maximum Gasteiger partial charge on any atom is 0.319 e. The zero-order valence-electron chi connectivity index (χ0n) is 10.3. The largest absolute Gasteiger partial charge is 0.468 e. The van der Waals surface area contributed by atoms with E-state index in [0.29, 0.717) is 12.8 Å². The summed E-state index contributed by atoms with van der Waals surface area (Å²) in [5, 5.41) is 0. The van der Waals surface area contributed by atoms with Gasteiger partial charge in [-0.25, -0.2) is 0 Å². The van der Waals surface area contributed by atoms with Crippen LogP contribution in [0, 0.1) is 5.41 Å². The number of carbonyl (C=O) groups excluding carboxylic acids is 2. The van der Waals surface area contributed by atoms with Crippen molar-refractivity contribution < 1.29 is 14.3 Å². The van der Waals surface area contributed by atoms with E-state index in [4.69, 9.17) is 4.74 Å². The van der Waals surface area contributed by atoms with E-state index in [1.165, 1.54) is 13.5 Å². The highest BCUT2D eigenvalue weighted by atomic mass is 79.9. The number of esters is 1. The van der Waals surface area contributed by atoms with Crippen LogP contribution in [-0.2, 0) is 14.3 Å². The predicted octanol–water partition coefficient (Wildman–Crippen LogP) is 3.00. The van der Waals surface area contributed by atoms with Crippen LogP contribution in [0.3, 0.4) is 0 Å². The van der Waals surface area contributed by atoms with Gasteiger partial charge in [0.25, 0.3) is 0 Å². The van der Waals surface area contributed by atoms with E-state index in [1.54, 1.807) is 0 Å². The van der Waals surface area contributed by atoms with Gasteiger partial charge in [0.2, 0.25) is 0 Å². The molecule has 2 aliphatic carbocycles. The van der Waals surface area contributed by atoms with Crippen molar-refractivity contribution in [3.05, 3.63) is 0 Å². The van der Waals surface area contributed by atoms with E-state index in [2.05, 4.69) is 15.9 Å². The molecule has 2 aliphatic rings. The number of methoxy groups -OCH3 is 1. The Balaban J connectivity index is 2.19. The average molecular weight is 303 g/mol. The van der Waals surface area contributed by atoms with Crippen LogP contribution in [0.4, 0.5) is 0 Å². The number of rotatable bonds is 3. The van der Waals surface area contributed by atoms with Gasteiger partial charge >= 0.3 is 5.97 Å². The Bertz CT molecular complexity index is 328. The van der Waals surface area contributed by atoms with Crippen LogP contribution in [0.15, 0.2) is 0 Å². The van der Waals surface area contributed by atoms with E-state index >= 15 is 0 Å². The molecule has 2 saturated carbocycles. The molecule has 0 radical (unpaired) electrons. The second-order valence-corrected chi connectivity index (χ2v) is 6.80. The molecule has 0 aromatic rings. The minimum atomic E-state index is -0.838. The minimum absolute atomic E-state index is 0.0720. The van der Waals surface area contributed by atoms with Gasteiger partial charge in [-0.3, -0.25) is 9.59 Å². The first-order chi connectivity index (χ1) is 8.05. The van der Waals surface area contributed by atoms with Crippen LogP contribution in [0.5, 0.6) is 0 Å². The Morgan fingerprint density at radius 3 is 2.00 bits per heavy atom. The lowest BCUT2D eigenvalue weighted by molar-refractivity contribution is -0.165. The summed E-state index contributed by atoms with van der Waals surface area (Å²) < 4.78 is 4.36. The number of alkyl halides is 1. The molecule has 0 aromatic carbocycles. The Morgan fingerprint density at radius 1 is 1.00 bits per heavy atom. The number of Topliss-reactive ketones (excluding diaryl/α,β-unsaturated/α-hetero) is 1. The third-order valence-corrected chi connectivity index (χ3v) is 5.42. The number of halogens is 1. The summed E-state index contributed by atoms with van der Waals surface area (Å²) in [5.74, 6) is -0.263. The first-order valence-corrected chi connectivity index (χ1v) is 7.17. The van der Waals surface area contributed by atoms with Crippen LogP contribution >= 0.6 is 15.9 Å². The molecular weight excluding hydrogens is 284 g/mol. The van der Waals surface area contributed by atoms with E-state index < -0.39 is 9.74 Å². The molecule has 0 amide bonds. The van der Waals surface area contributed by atoms with Crippen LogP contribution in [0.2, 0.25) is 0 Å². The number of hydrogen-bond acceptors (Lipinski definition) is 3. The molecule has 0 saturated heterocycles. The maximum atomic E-state index is 12.7. The van der Waals surface area contributed by atoms with E-state index in [1.807, 2.05) is 0 Å². The van der Waals surface area contributed by atoms with Gasteiger partial charge in [-0.2, -0.15) is 0 Å². The number of ether oxygens (including phenoxy) is 1. The lowest BCUT2D eigenvalue weighted by Crippen LogP contribution is -2.54. The number of ketones is 1. The number of carbonyl (C=O) groups is 2. The molecule has 0 heterocycles. The summed E-state index contributed by atoms with van der Waals surface area (Å²) in [6, 6.07) is 0. The highest BCUT2D eigenvalue weighted by molar-refractivity contribution is 9.10. The van der Waals surface area contributed by atoms with Gasteiger partial charge in [0.05, 0.1) is 11.4 Å². The van der Waals surface area contributed by atoms with Crippen LogP contribution in [0.25, 0.3) is 0 Å². The zero-order valence-corrected chi connectivity index (χ0v) is 11.8. The third kappa shape index (κ3) is 2.05. The Hall–Kier alpha value is -0.380. The van der Waals surface area contributed by atoms with Crippen molar-refractivity contribution >= 4 is 27.7 Å². The molecule has 0 spiro atoms. The van der Waals surface area contributed by atoms with Gasteiger partial charge in [0, 0.05) is 0 Å². The Labute approximate surface area is 110 Å². The first kappa shape index (κ1) is 13.1. The monoisotopic (exact) mass is 302 g/mol. The lowest BCUT2D eigenvalue weighted by Gasteiger charge is -2.43. The van der Waals surface area contributed by atoms with Gasteiger partial charge in [0.15, 0.2) is 5.78 Å². The fraction of sp³-hybridized carbons (Fsp3) is 0.846. The summed E-state index contributed by atoms with van der Waals surface area (Å²) in [6.07, 6.45) is 7.28. The van der Waals surface area contributed by atoms with Gasteiger partial charge in [0.1, 0.15) is 5.41 Å². The molecule has 17 heavy (non-hydrogen) atoms. The smallest absolute Gasteiger partial charge is 0.319 e. The lowest BCUT2D eigenvalue weighted by atomic mass is 9.61. The molecule has 0 aromatic heterocycles. The molecule has 0 unspecified atom stereocenters. The molecule has 4 heteroatoms. The van der Waals surface area contributed by atoms with Crippen molar-refractivity contribution in [2.24, 2.45) is 5.41 Å². The fourth-order valence-electron chi connectivity index (χ4n) is 3.02. The predicted molar refractivity (Wildman–Crippen MR) is 68.1 cm³/mol. The second-order valence-electron chi connectivity index (χ2n) is 5.28. The highest BCUT2D eigenvalue weighted by Gasteiger charge is 2.57. The van der Waals surface area contributed by atoms with Gasteiger partial charge in [-0.1, -0.05) is 41.6 Å². The van der Waals surface area contributed by atoms with Crippen molar-refractivity contribution in [3.63, 3.8) is 0 Å². The highest BCUT2D eigenvalue weighted by Crippen LogP contribution is 2.50. The van der Waals surface area contributed by atoms with Crippen molar-refractivity contribution in [1.29, 1.82) is 0 Å². The summed E-state index contributed by atoms with van der Waals surface area (Å²) in [7, 11) is 1.37. The van der Waals surface area contributed by atoms with Crippen molar-refractivity contribution in [3.8, 4) is 0 Å². The summed E-state index contributed by atoms with van der Waals surface area (Å²) in [4.78, 5) is 24.6. The van der Waals surface area contributed by atoms with Crippen molar-refractivity contribution in [2.45, 2.75) is 55.7 Å². The van der Waals surface area contributed by atoms with Gasteiger partial charge in [-0.15, -0.1) is 0 Å². The fourth-order valence-corrected chi connectivity index (χ4v) is 3.96. The van der Waals surface area contributed by atoms with E-state index in [9.17, 15) is 9.59 Å². The summed E-state index contributed by atoms with van der Waals surface area (Å²) >= 11 is 3.61. The SMILES string of the molecule is COC(=O)C1(C(=O)C2(Br)CCCCC2)CCC1. The zero-order chi connectivity index (χ0) is 12.5. The summed E-state index contributed by atoms with van der Waals surface area (Å²) in [6.45, 7) is 0. The molecule has 2 fully saturated rings. The standard InChI is InChI=1S/C13H19BrO3/c1-17-11(16)12(6-5-7-12)10(15)13(14)8-3-2-4-9-13/h2-9H2,1H3. The maximum absolute atomic E-state index is 12.7. The molecule has 0 N–H and O–H groups in total. The third-order valence-electron chi connectivity index (χ3n) is 4.27. The Morgan fingerprint density at radius 2 is 1.59 bits per heavy atom.